The van der Waals surface area contributed by atoms with Gasteiger partial charge in [0.2, 0.25) is 29.7 Å². The van der Waals surface area contributed by atoms with Crippen LogP contribution in [0.25, 0.3) is 0 Å². The van der Waals surface area contributed by atoms with Gasteiger partial charge in [0, 0.05) is 84.3 Å². The molecule has 2 saturated heterocycles. The number of terminal acetylenes is 1. The van der Waals surface area contributed by atoms with Crippen LogP contribution in [0.3, 0.4) is 0 Å². The van der Waals surface area contributed by atoms with Crippen molar-refractivity contribution in [1.29, 1.82) is 0 Å². The molecule has 342 valence electrons. The molecular weight excluding hydrogens is 799 g/mol. The van der Waals surface area contributed by atoms with Gasteiger partial charge in [-0.25, -0.2) is 9.36 Å². The Labute approximate surface area is 365 Å². The van der Waals surface area contributed by atoms with E-state index in [-0.39, 0.29) is 30.9 Å². The molecule has 2 aliphatic heterocycles. The fraction of sp³-hybridized carbons (Fsp3) is 0.732. The number of hydrogen-bond acceptors (Lipinski definition) is 17. The molecule has 21 heteroatoms. The van der Waals surface area contributed by atoms with Gasteiger partial charge in [0.15, 0.2) is 0 Å². The molecule has 2 fully saturated rings. The van der Waals surface area contributed by atoms with Crippen LogP contribution in [0.5, 0.6) is 0 Å². The summed E-state index contributed by atoms with van der Waals surface area (Å²) in [6.45, 7) is 13.5. The molecule has 2 aliphatic rings. The summed E-state index contributed by atoms with van der Waals surface area (Å²) in [4.78, 5) is 50.5. The molecule has 0 spiro atoms. The predicted octanol–water partition coefficient (Wildman–Crippen LogP) is 0.592. The molecule has 3 aromatic heterocycles. The zero-order chi connectivity index (χ0) is 44.1. The van der Waals surface area contributed by atoms with Crippen molar-refractivity contribution in [2.24, 2.45) is 11.7 Å². The van der Waals surface area contributed by atoms with Crippen LogP contribution in [0.2, 0.25) is 0 Å². The second-order valence-electron chi connectivity index (χ2n) is 15.7. The molecule has 62 heavy (non-hydrogen) atoms. The highest BCUT2D eigenvalue weighted by Crippen LogP contribution is 2.25. The van der Waals surface area contributed by atoms with Crippen molar-refractivity contribution >= 4 is 29.7 Å². The number of nitrogens with zero attached hydrogens (tertiary/aromatic N) is 13. The molecule has 4 N–H and O–H groups in total. The van der Waals surface area contributed by atoms with Crippen LogP contribution in [-0.2, 0) is 36.6 Å². The van der Waals surface area contributed by atoms with E-state index in [1.165, 1.54) is 0 Å². The average Bonchev–Trinajstić information content (AvgIpc) is 3.96. The van der Waals surface area contributed by atoms with Crippen molar-refractivity contribution in [3.63, 3.8) is 0 Å². The van der Waals surface area contributed by atoms with Crippen molar-refractivity contribution in [2.45, 2.75) is 77.8 Å². The third-order valence-electron chi connectivity index (χ3n) is 10.8. The topological polar surface area (TPSA) is 233 Å². The van der Waals surface area contributed by atoms with E-state index in [4.69, 9.17) is 41.3 Å². The summed E-state index contributed by atoms with van der Waals surface area (Å²) in [6.07, 6.45) is 14.4. The summed E-state index contributed by atoms with van der Waals surface area (Å²) >= 11 is 0. The van der Waals surface area contributed by atoms with Crippen LogP contribution in [0.4, 0.5) is 17.8 Å². The summed E-state index contributed by atoms with van der Waals surface area (Å²) in [7, 11) is 0. The van der Waals surface area contributed by atoms with Gasteiger partial charge in [-0.1, -0.05) is 43.5 Å². The second-order valence-corrected chi connectivity index (χ2v) is 15.7. The zero-order valence-electron chi connectivity index (χ0n) is 36.8. The summed E-state index contributed by atoms with van der Waals surface area (Å²) in [5.41, 5.74) is 7.35. The van der Waals surface area contributed by atoms with Gasteiger partial charge in [-0.2, -0.15) is 15.0 Å². The van der Waals surface area contributed by atoms with Gasteiger partial charge in [-0.3, -0.25) is 9.59 Å². The smallest absolute Gasteiger partial charge is 0.247 e. The lowest BCUT2D eigenvalue weighted by Crippen LogP contribution is -2.52. The third kappa shape index (κ3) is 14.3. The Hall–Kier alpha value is -5.01. The van der Waals surface area contributed by atoms with Crippen LogP contribution in [0, 0.1) is 18.3 Å². The molecule has 0 bridgehead atoms. The minimum atomic E-state index is -0.519. The van der Waals surface area contributed by atoms with Gasteiger partial charge in [0.05, 0.1) is 44.4 Å². The number of rotatable bonds is 27. The Balaban J connectivity index is 1.23. The molecule has 0 aliphatic carbocycles. The molecular formula is C41H67N15O6. The fourth-order valence-electron chi connectivity index (χ4n) is 7.34. The number of aromatic nitrogens is 9. The molecule has 5 heterocycles. The van der Waals surface area contributed by atoms with Gasteiger partial charge in [0.25, 0.3) is 0 Å². The zero-order valence-corrected chi connectivity index (χ0v) is 36.8. The highest BCUT2D eigenvalue weighted by molar-refractivity contribution is 5.81. The van der Waals surface area contributed by atoms with E-state index in [1.54, 1.807) is 15.6 Å². The standard InChI is InChI=1S/C41H67N15O6/c1-5-7-10-33-30-55(49-47-33)35(11-8-9-13-42)37(58)51-15-19-53(20-16-51)40-44-39(43-14-25-61-27-29-62-28-26-60-24-6-2)45-41(46-40)54-21-17-52(18-22-54)38(59)36(32(3)4)56-31-34(12-23-57)48-50-56/h2,30-32,35-36,57H,5,7-29,42H2,1,3-4H3,(H,43,44,45,46)/t35-,36-/m0/s1. The van der Waals surface area contributed by atoms with Crippen molar-refractivity contribution in [1.82, 2.24) is 54.7 Å². The highest BCUT2D eigenvalue weighted by Gasteiger charge is 2.34. The first-order valence-corrected chi connectivity index (χ1v) is 22.1. The monoisotopic (exact) mass is 866 g/mol. The van der Waals surface area contributed by atoms with Gasteiger partial charge in [-0.15, -0.1) is 16.6 Å². The van der Waals surface area contributed by atoms with Gasteiger partial charge in [0.1, 0.15) is 18.7 Å². The molecule has 0 radical (unpaired) electrons. The molecule has 21 nitrogen and oxygen atoms in total. The summed E-state index contributed by atoms with van der Waals surface area (Å²) < 4.78 is 19.9. The minimum Gasteiger partial charge on any atom is -0.396 e. The van der Waals surface area contributed by atoms with Gasteiger partial charge < -0.3 is 50.0 Å². The second kappa shape index (κ2) is 25.8. The lowest BCUT2D eigenvalue weighted by atomic mass is 10.0. The largest absolute Gasteiger partial charge is 0.396 e. The molecule has 0 saturated carbocycles. The van der Waals surface area contributed by atoms with Crippen molar-refractivity contribution in [2.75, 3.05) is 127 Å². The van der Waals surface area contributed by atoms with E-state index in [9.17, 15) is 14.7 Å². The fourth-order valence-corrected chi connectivity index (χ4v) is 7.34. The van der Waals surface area contributed by atoms with Crippen LogP contribution in [0.1, 0.15) is 76.3 Å². The number of hydrogen-bond donors (Lipinski definition) is 3. The van der Waals surface area contributed by atoms with E-state index in [0.717, 1.165) is 37.8 Å². The number of nitrogens with one attached hydrogen (secondary N) is 1. The average molecular weight is 866 g/mol. The summed E-state index contributed by atoms with van der Waals surface area (Å²) in [5.74, 6) is 3.80. The summed E-state index contributed by atoms with van der Waals surface area (Å²) in [5, 5.41) is 29.8. The lowest BCUT2D eigenvalue weighted by Gasteiger charge is -2.38. The van der Waals surface area contributed by atoms with Gasteiger partial charge >= 0.3 is 0 Å². The number of ether oxygens (including phenoxy) is 3. The number of carbonyl (C=O) groups excluding carboxylic acids is 2. The molecule has 0 unspecified atom stereocenters. The number of carbonyl (C=O) groups is 2. The van der Waals surface area contributed by atoms with E-state index in [0.29, 0.717) is 135 Å². The predicted molar refractivity (Wildman–Crippen MR) is 232 cm³/mol. The molecule has 5 rings (SSSR count). The van der Waals surface area contributed by atoms with E-state index in [1.807, 2.05) is 29.8 Å². The normalized spacial score (nSPS) is 15.6. The number of aryl methyl sites for hydroxylation is 1. The maximum absolute atomic E-state index is 14.1. The maximum Gasteiger partial charge on any atom is 0.247 e. The third-order valence-corrected chi connectivity index (χ3v) is 10.8. The molecule has 3 aromatic rings. The Bertz CT molecular complexity index is 1820. The Morgan fingerprint density at radius 3 is 1.97 bits per heavy atom. The van der Waals surface area contributed by atoms with Crippen molar-refractivity contribution < 1.29 is 28.9 Å². The highest BCUT2D eigenvalue weighted by atomic mass is 16.5. The molecule has 2 atom stereocenters. The maximum atomic E-state index is 14.1. The van der Waals surface area contributed by atoms with Gasteiger partial charge in [-0.05, 0) is 44.6 Å². The Morgan fingerprint density at radius 1 is 0.790 bits per heavy atom. The summed E-state index contributed by atoms with van der Waals surface area (Å²) in [6, 6.07) is -0.965. The van der Waals surface area contributed by atoms with Crippen LogP contribution >= 0.6 is 0 Å². The number of piperazine rings is 2. The van der Waals surface area contributed by atoms with E-state index < -0.39 is 12.1 Å². The first-order valence-electron chi connectivity index (χ1n) is 22.1. The number of unbranched alkanes of at least 4 members (excludes halogenated alkanes) is 2. The van der Waals surface area contributed by atoms with Crippen molar-refractivity contribution in [3.05, 3.63) is 23.8 Å². The lowest BCUT2D eigenvalue weighted by molar-refractivity contribution is -0.137. The SMILES string of the molecule is C#CCOCCOCCOCCNc1nc(N2CCN(C(=O)[C@H](C(C)C)n3cc(CCO)nn3)CC2)nc(N2CCN(C(=O)[C@H](CCCCN)n3cc(CCCC)nn3)CC2)n1. The number of aliphatic hydroxyl groups is 1. The van der Waals surface area contributed by atoms with Crippen molar-refractivity contribution in [3.8, 4) is 12.3 Å². The van der Waals surface area contributed by atoms with Crippen LogP contribution in [0.15, 0.2) is 12.4 Å². The van der Waals surface area contributed by atoms with E-state index >= 15 is 0 Å². The Morgan fingerprint density at radius 2 is 1.37 bits per heavy atom. The first-order chi connectivity index (χ1) is 30.3. The molecule has 2 amide bonds. The van der Waals surface area contributed by atoms with Crippen LogP contribution in [-0.4, -0.2) is 183 Å². The van der Waals surface area contributed by atoms with E-state index in [2.05, 4.69) is 48.6 Å². The number of nitrogens with two attached hydrogens (primary N) is 1. The number of anilines is 3. The minimum absolute atomic E-state index is 0.0245. The number of aliphatic hydroxyl groups excluding tert-OH is 1. The quantitative estimate of drug-likeness (QED) is 0.0703. The number of amides is 2. The Kier molecular flexibility index (Phi) is 20.0. The van der Waals surface area contributed by atoms with Crippen LogP contribution < -0.4 is 20.9 Å². The first kappa shape index (κ1) is 48.0. The molecule has 0 aromatic carbocycles.